The zero-order valence-electron chi connectivity index (χ0n) is 12.6. The molecule has 2 aromatic rings. The highest BCUT2D eigenvalue weighted by molar-refractivity contribution is 6.34. The van der Waals surface area contributed by atoms with Gasteiger partial charge in [0.15, 0.2) is 11.5 Å². The van der Waals surface area contributed by atoms with Crippen LogP contribution in [-0.4, -0.2) is 25.3 Å². The minimum Gasteiger partial charge on any atom is -0.489 e. The van der Waals surface area contributed by atoms with Crippen LogP contribution in [0.5, 0.6) is 11.5 Å². The highest BCUT2D eigenvalue weighted by Crippen LogP contribution is 2.37. The molecule has 0 atom stereocenters. The largest absolute Gasteiger partial charge is 0.489 e. The SMILES string of the molecule is O=C(N/N=C\c1cc(Cl)c2c(c1)OCCCO2)c1ccccc1Cl. The number of nitrogens with zero attached hydrogens (tertiary/aromatic N) is 1. The minimum atomic E-state index is -0.391. The molecule has 0 spiro atoms. The summed E-state index contributed by atoms with van der Waals surface area (Å²) < 4.78 is 11.2. The van der Waals surface area contributed by atoms with E-state index in [1.165, 1.54) is 6.21 Å². The van der Waals surface area contributed by atoms with Crippen molar-refractivity contribution in [3.8, 4) is 11.5 Å². The molecular formula is C17H14Cl2N2O3. The summed E-state index contributed by atoms with van der Waals surface area (Å²) in [6, 6.07) is 10.2. The fourth-order valence-corrected chi connectivity index (χ4v) is 2.69. The van der Waals surface area contributed by atoms with E-state index in [9.17, 15) is 4.79 Å². The van der Waals surface area contributed by atoms with E-state index in [1.807, 2.05) is 0 Å². The molecule has 0 bridgehead atoms. The zero-order valence-corrected chi connectivity index (χ0v) is 14.1. The van der Waals surface area contributed by atoms with E-state index in [-0.39, 0.29) is 0 Å². The van der Waals surface area contributed by atoms with Crippen LogP contribution < -0.4 is 14.9 Å². The van der Waals surface area contributed by atoms with Crippen LogP contribution >= 0.6 is 23.2 Å². The Morgan fingerprint density at radius 1 is 1.12 bits per heavy atom. The molecule has 1 aliphatic heterocycles. The molecule has 124 valence electrons. The van der Waals surface area contributed by atoms with Gasteiger partial charge in [0.2, 0.25) is 0 Å². The standard InChI is InChI=1S/C17H14Cl2N2O3/c18-13-5-2-1-4-12(13)17(22)21-20-10-11-8-14(19)16-15(9-11)23-6-3-7-24-16/h1-2,4-5,8-10H,3,6-7H2,(H,21,22)/b20-10-. The van der Waals surface area contributed by atoms with E-state index in [0.29, 0.717) is 45.9 Å². The molecule has 0 aromatic heterocycles. The molecule has 7 heteroatoms. The molecule has 0 aliphatic carbocycles. The Bertz CT molecular complexity index is 793. The molecule has 1 aliphatic rings. The van der Waals surface area contributed by atoms with Gasteiger partial charge in [-0.2, -0.15) is 5.10 Å². The van der Waals surface area contributed by atoms with Crippen molar-refractivity contribution in [2.24, 2.45) is 5.10 Å². The Hall–Kier alpha value is -2.24. The van der Waals surface area contributed by atoms with Gasteiger partial charge in [-0.1, -0.05) is 35.3 Å². The molecular weight excluding hydrogens is 351 g/mol. The number of carbonyl (C=O) groups excluding carboxylic acids is 1. The third-order valence-electron chi connectivity index (χ3n) is 3.32. The molecule has 0 fully saturated rings. The Labute approximate surface area is 149 Å². The van der Waals surface area contributed by atoms with E-state index in [2.05, 4.69) is 10.5 Å². The summed E-state index contributed by atoms with van der Waals surface area (Å²) in [5, 5.41) is 4.74. The van der Waals surface area contributed by atoms with E-state index in [4.69, 9.17) is 32.7 Å². The van der Waals surface area contributed by atoms with Gasteiger partial charge in [-0.25, -0.2) is 5.43 Å². The molecule has 2 aromatic carbocycles. The smallest absolute Gasteiger partial charge is 0.272 e. The topological polar surface area (TPSA) is 59.9 Å². The molecule has 0 unspecified atom stereocenters. The third kappa shape index (κ3) is 3.80. The van der Waals surface area contributed by atoms with Gasteiger partial charge in [-0.05, 0) is 29.8 Å². The Balaban J connectivity index is 1.73. The van der Waals surface area contributed by atoms with Crippen LogP contribution in [0.25, 0.3) is 0 Å². The molecule has 1 heterocycles. The number of nitrogens with one attached hydrogen (secondary N) is 1. The third-order valence-corrected chi connectivity index (χ3v) is 3.93. The summed E-state index contributed by atoms with van der Waals surface area (Å²) in [5.41, 5.74) is 3.47. The molecule has 24 heavy (non-hydrogen) atoms. The van der Waals surface area contributed by atoms with Crippen LogP contribution in [0.1, 0.15) is 22.3 Å². The average molecular weight is 365 g/mol. The predicted molar refractivity (Wildman–Crippen MR) is 93.6 cm³/mol. The second-order valence-electron chi connectivity index (χ2n) is 5.06. The number of hydrogen-bond acceptors (Lipinski definition) is 4. The van der Waals surface area contributed by atoms with Gasteiger partial charge in [-0.3, -0.25) is 4.79 Å². The van der Waals surface area contributed by atoms with Crippen LogP contribution in [0, 0.1) is 0 Å². The number of amides is 1. The molecule has 1 N–H and O–H groups in total. The van der Waals surface area contributed by atoms with Gasteiger partial charge in [0, 0.05) is 6.42 Å². The summed E-state index contributed by atoms with van der Waals surface area (Å²) in [6.45, 7) is 1.13. The maximum Gasteiger partial charge on any atom is 0.272 e. The zero-order chi connectivity index (χ0) is 16.9. The van der Waals surface area contributed by atoms with Crippen LogP contribution in [-0.2, 0) is 0 Å². The predicted octanol–water partition coefficient (Wildman–Crippen LogP) is 3.92. The summed E-state index contributed by atoms with van der Waals surface area (Å²) >= 11 is 12.2. The first-order valence-corrected chi connectivity index (χ1v) is 8.08. The molecule has 0 radical (unpaired) electrons. The summed E-state index contributed by atoms with van der Waals surface area (Å²) in [5.74, 6) is 0.711. The molecule has 3 rings (SSSR count). The van der Waals surface area contributed by atoms with E-state index in [1.54, 1.807) is 36.4 Å². The first-order chi connectivity index (χ1) is 11.6. The number of fused-ring (bicyclic) bond motifs is 1. The molecule has 5 nitrogen and oxygen atoms in total. The van der Waals surface area contributed by atoms with Crippen molar-refractivity contribution >= 4 is 35.3 Å². The fraction of sp³-hybridized carbons (Fsp3) is 0.176. The molecule has 1 amide bonds. The van der Waals surface area contributed by atoms with Crippen molar-refractivity contribution in [2.45, 2.75) is 6.42 Å². The highest BCUT2D eigenvalue weighted by Gasteiger charge is 2.15. The highest BCUT2D eigenvalue weighted by atomic mass is 35.5. The lowest BCUT2D eigenvalue weighted by Crippen LogP contribution is -2.17. The number of halogens is 2. The Kier molecular flexibility index (Phi) is 5.23. The minimum absolute atomic E-state index is 0.355. The number of hydrogen-bond donors (Lipinski definition) is 1. The maximum atomic E-state index is 12.0. The second-order valence-corrected chi connectivity index (χ2v) is 5.87. The number of ether oxygens (including phenoxy) is 2. The first kappa shape index (κ1) is 16.6. The number of hydrazone groups is 1. The lowest BCUT2D eigenvalue weighted by molar-refractivity contribution is 0.0955. The molecule has 0 saturated heterocycles. The van der Waals surface area contributed by atoms with Crippen LogP contribution in [0.15, 0.2) is 41.5 Å². The van der Waals surface area contributed by atoms with E-state index < -0.39 is 5.91 Å². The first-order valence-electron chi connectivity index (χ1n) is 7.32. The lowest BCUT2D eigenvalue weighted by Gasteiger charge is -2.09. The second kappa shape index (κ2) is 7.55. The van der Waals surface area contributed by atoms with Crippen LogP contribution in [0.2, 0.25) is 10.0 Å². The van der Waals surface area contributed by atoms with Crippen molar-refractivity contribution in [1.82, 2.24) is 5.43 Å². The van der Waals surface area contributed by atoms with Gasteiger partial charge in [0.25, 0.3) is 5.91 Å². The maximum absolute atomic E-state index is 12.0. The normalized spacial score (nSPS) is 13.6. The van der Waals surface area contributed by atoms with Gasteiger partial charge >= 0.3 is 0 Å². The fourth-order valence-electron chi connectivity index (χ4n) is 2.20. The number of rotatable bonds is 3. The lowest BCUT2D eigenvalue weighted by atomic mass is 10.2. The van der Waals surface area contributed by atoms with Crippen molar-refractivity contribution in [3.63, 3.8) is 0 Å². The Morgan fingerprint density at radius 3 is 2.75 bits per heavy atom. The van der Waals surface area contributed by atoms with Crippen molar-refractivity contribution in [1.29, 1.82) is 0 Å². The van der Waals surface area contributed by atoms with Crippen molar-refractivity contribution in [3.05, 3.63) is 57.6 Å². The molecule has 0 saturated carbocycles. The van der Waals surface area contributed by atoms with Gasteiger partial charge < -0.3 is 9.47 Å². The van der Waals surface area contributed by atoms with Gasteiger partial charge in [0.1, 0.15) is 0 Å². The van der Waals surface area contributed by atoms with Crippen molar-refractivity contribution in [2.75, 3.05) is 13.2 Å². The summed E-state index contributed by atoms with van der Waals surface area (Å²) in [4.78, 5) is 12.0. The summed E-state index contributed by atoms with van der Waals surface area (Å²) in [6.07, 6.45) is 2.28. The van der Waals surface area contributed by atoms with Gasteiger partial charge in [0.05, 0.1) is 35.0 Å². The van der Waals surface area contributed by atoms with Crippen LogP contribution in [0.3, 0.4) is 0 Å². The number of benzene rings is 2. The summed E-state index contributed by atoms with van der Waals surface area (Å²) in [7, 11) is 0. The number of carbonyl (C=O) groups is 1. The van der Waals surface area contributed by atoms with E-state index in [0.717, 1.165) is 6.42 Å². The quantitative estimate of drug-likeness (QED) is 0.663. The monoisotopic (exact) mass is 364 g/mol. The Morgan fingerprint density at radius 2 is 1.92 bits per heavy atom. The van der Waals surface area contributed by atoms with E-state index >= 15 is 0 Å². The van der Waals surface area contributed by atoms with Crippen LogP contribution in [0.4, 0.5) is 0 Å². The van der Waals surface area contributed by atoms with Gasteiger partial charge in [-0.15, -0.1) is 0 Å². The average Bonchev–Trinajstić information content (AvgIpc) is 2.81. The van der Waals surface area contributed by atoms with Crippen molar-refractivity contribution < 1.29 is 14.3 Å².